The van der Waals surface area contributed by atoms with Crippen LogP contribution in [0.3, 0.4) is 0 Å². The Labute approximate surface area is 164 Å². The number of benzene rings is 1. The lowest BCUT2D eigenvalue weighted by molar-refractivity contribution is -0.122. The van der Waals surface area contributed by atoms with Gasteiger partial charge < -0.3 is 10.1 Å². The SMILES string of the molecule is C#CCNC(=O)C[C@]12C=CC(=O)CC1N(C(=O)OC(C)(C)C)c1ccccc12. The molecule has 146 valence electrons. The smallest absolute Gasteiger partial charge is 0.415 e. The van der Waals surface area contributed by atoms with Gasteiger partial charge in [-0.25, -0.2) is 4.79 Å². The van der Waals surface area contributed by atoms with Crippen LogP contribution in [0.5, 0.6) is 0 Å². The molecule has 1 unspecified atom stereocenters. The molecule has 1 aromatic carbocycles. The molecular formula is C22H24N2O4. The summed E-state index contributed by atoms with van der Waals surface area (Å²) < 4.78 is 5.60. The summed E-state index contributed by atoms with van der Waals surface area (Å²) in [6.07, 6.45) is 8.16. The Kier molecular flexibility index (Phi) is 5.03. The molecule has 0 radical (unpaired) electrons. The topological polar surface area (TPSA) is 75.7 Å². The maximum absolute atomic E-state index is 13.0. The van der Waals surface area contributed by atoms with E-state index in [1.165, 1.54) is 11.0 Å². The third-order valence-corrected chi connectivity index (χ3v) is 4.96. The number of amides is 2. The monoisotopic (exact) mass is 380 g/mol. The van der Waals surface area contributed by atoms with E-state index in [1.807, 2.05) is 24.3 Å². The van der Waals surface area contributed by atoms with Gasteiger partial charge in [0.05, 0.1) is 18.3 Å². The van der Waals surface area contributed by atoms with Gasteiger partial charge in [-0.15, -0.1) is 6.42 Å². The van der Waals surface area contributed by atoms with Crippen LogP contribution < -0.4 is 10.2 Å². The van der Waals surface area contributed by atoms with Crippen molar-refractivity contribution in [3.63, 3.8) is 0 Å². The van der Waals surface area contributed by atoms with Crippen LogP contribution in [0.4, 0.5) is 10.5 Å². The van der Waals surface area contributed by atoms with Crippen molar-refractivity contribution in [2.75, 3.05) is 11.4 Å². The van der Waals surface area contributed by atoms with E-state index in [1.54, 1.807) is 26.8 Å². The average Bonchev–Trinajstić information content (AvgIpc) is 2.88. The van der Waals surface area contributed by atoms with E-state index in [0.717, 1.165) is 5.56 Å². The number of ketones is 1. The lowest BCUT2D eigenvalue weighted by atomic mass is 9.69. The minimum Gasteiger partial charge on any atom is -0.443 e. The molecule has 28 heavy (non-hydrogen) atoms. The van der Waals surface area contributed by atoms with Gasteiger partial charge in [0.1, 0.15) is 5.60 Å². The van der Waals surface area contributed by atoms with Gasteiger partial charge in [-0.2, -0.15) is 0 Å². The molecule has 0 fully saturated rings. The second-order valence-corrected chi connectivity index (χ2v) is 8.09. The van der Waals surface area contributed by atoms with E-state index in [0.29, 0.717) is 5.69 Å². The number of nitrogens with zero attached hydrogens (tertiary/aromatic N) is 1. The number of hydrogen-bond acceptors (Lipinski definition) is 4. The number of allylic oxidation sites excluding steroid dienone is 1. The third kappa shape index (κ3) is 3.53. The zero-order valence-corrected chi connectivity index (χ0v) is 16.3. The van der Waals surface area contributed by atoms with Crippen molar-refractivity contribution in [1.29, 1.82) is 0 Å². The molecule has 1 aliphatic carbocycles. The molecule has 2 amide bonds. The summed E-state index contributed by atoms with van der Waals surface area (Å²) >= 11 is 0. The zero-order chi connectivity index (χ0) is 20.5. The molecule has 6 nitrogen and oxygen atoms in total. The lowest BCUT2D eigenvalue weighted by Crippen LogP contribution is -2.52. The molecule has 6 heteroatoms. The first-order valence-electron chi connectivity index (χ1n) is 9.22. The molecule has 2 aliphatic rings. The van der Waals surface area contributed by atoms with Gasteiger partial charge in [-0.3, -0.25) is 14.5 Å². The zero-order valence-electron chi connectivity index (χ0n) is 16.3. The molecular weight excluding hydrogens is 356 g/mol. The first-order chi connectivity index (χ1) is 13.2. The number of rotatable bonds is 3. The highest BCUT2D eigenvalue weighted by Gasteiger charge is 2.55. The Balaban J connectivity index is 2.08. The van der Waals surface area contributed by atoms with Crippen LogP contribution in [0.25, 0.3) is 0 Å². The predicted octanol–water partition coefficient (Wildman–Crippen LogP) is 2.72. The minimum absolute atomic E-state index is 0.0828. The average molecular weight is 380 g/mol. The van der Waals surface area contributed by atoms with E-state index in [2.05, 4.69) is 11.2 Å². The molecule has 0 saturated carbocycles. The summed E-state index contributed by atoms with van der Waals surface area (Å²) in [5.74, 6) is 2.06. The Morgan fingerprint density at radius 3 is 2.75 bits per heavy atom. The van der Waals surface area contributed by atoms with Gasteiger partial charge >= 0.3 is 6.09 Å². The van der Waals surface area contributed by atoms with Crippen LogP contribution in [0.2, 0.25) is 0 Å². The lowest BCUT2D eigenvalue weighted by Gasteiger charge is -2.38. The molecule has 1 aliphatic heterocycles. The van der Waals surface area contributed by atoms with Gasteiger partial charge in [0.15, 0.2) is 5.78 Å². The van der Waals surface area contributed by atoms with E-state index in [9.17, 15) is 14.4 Å². The molecule has 2 atom stereocenters. The summed E-state index contributed by atoms with van der Waals surface area (Å²) in [6.45, 7) is 5.50. The van der Waals surface area contributed by atoms with Gasteiger partial charge in [-0.1, -0.05) is 30.2 Å². The maximum Gasteiger partial charge on any atom is 0.415 e. The summed E-state index contributed by atoms with van der Waals surface area (Å²) in [4.78, 5) is 39.3. The van der Waals surface area contributed by atoms with Crippen LogP contribution in [0.1, 0.15) is 39.2 Å². The normalized spacial score (nSPS) is 22.9. The first-order valence-corrected chi connectivity index (χ1v) is 9.22. The predicted molar refractivity (Wildman–Crippen MR) is 106 cm³/mol. The standard InChI is InChI=1S/C22H24N2O4/c1-5-12-23-19(26)14-22-11-10-15(25)13-18(22)24(20(27)28-21(2,3)4)17-9-7-6-8-16(17)22/h1,6-11,18H,12-14H2,2-4H3,(H,23,26)/t18?,22-/m0/s1. The highest BCUT2D eigenvalue weighted by Crippen LogP contribution is 2.51. The van der Waals surface area contributed by atoms with Crippen LogP contribution in [0.15, 0.2) is 36.4 Å². The summed E-state index contributed by atoms with van der Waals surface area (Å²) in [5.41, 5.74) is -0.00733. The molecule has 1 heterocycles. The third-order valence-electron chi connectivity index (χ3n) is 4.96. The van der Waals surface area contributed by atoms with Crippen molar-refractivity contribution in [3.05, 3.63) is 42.0 Å². The maximum atomic E-state index is 13.0. The fourth-order valence-electron chi connectivity index (χ4n) is 3.92. The molecule has 0 aromatic heterocycles. The van der Waals surface area contributed by atoms with Crippen molar-refractivity contribution in [1.82, 2.24) is 5.32 Å². The number of nitrogens with one attached hydrogen (secondary N) is 1. The molecule has 1 N–H and O–H groups in total. The van der Waals surface area contributed by atoms with Crippen molar-refractivity contribution in [2.24, 2.45) is 0 Å². The number of fused-ring (bicyclic) bond motifs is 3. The Hall–Kier alpha value is -3.07. The fraction of sp³-hybridized carbons (Fsp3) is 0.409. The molecule has 0 spiro atoms. The second-order valence-electron chi connectivity index (χ2n) is 8.09. The second kappa shape index (κ2) is 7.16. The first kappa shape index (κ1) is 19.7. The van der Waals surface area contributed by atoms with E-state index in [4.69, 9.17) is 11.2 Å². The quantitative estimate of drug-likeness (QED) is 0.818. The van der Waals surface area contributed by atoms with Gasteiger partial charge in [0, 0.05) is 18.3 Å². The molecule has 0 bridgehead atoms. The van der Waals surface area contributed by atoms with Crippen LogP contribution in [-0.2, 0) is 19.7 Å². The van der Waals surface area contributed by atoms with Crippen molar-refractivity contribution in [2.45, 2.75) is 50.7 Å². The van der Waals surface area contributed by atoms with Crippen molar-refractivity contribution >= 4 is 23.5 Å². The van der Waals surface area contributed by atoms with E-state index < -0.39 is 23.2 Å². The van der Waals surface area contributed by atoms with Crippen molar-refractivity contribution < 1.29 is 19.1 Å². The van der Waals surface area contributed by atoms with Crippen LogP contribution >= 0.6 is 0 Å². The van der Waals surface area contributed by atoms with Crippen LogP contribution in [0, 0.1) is 12.3 Å². The van der Waals surface area contributed by atoms with Gasteiger partial charge in [0.25, 0.3) is 0 Å². The minimum atomic E-state index is -0.805. The molecule has 3 rings (SSSR count). The van der Waals surface area contributed by atoms with Crippen molar-refractivity contribution in [3.8, 4) is 12.3 Å². The Morgan fingerprint density at radius 2 is 2.07 bits per heavy atom. The highest BCUT2D eigenvalue weighted by atomic mass is 16.6. The largest absolute Gasteiger partial charge is 0.443 e. The van der Waals surface area contributed by atoms with Gasteiger partial charge in [0.2, 0.25) is 5.91 Å². The summed E-state index contributed by atoms with van der Waals surface area (Å²) in [6, 6.07) is 6.86. The highest BCUT2D eigenvalue weighted by molar-refractivity contribution is 6.00. The summed E-state index contributed by atoms with van der Waals surface area (Å²) in [7, 11) is 0. The molecule has 0 saturated heterocycles. The fourth-order valence-corrected chi connectivity index (χ4v) is 3.92. The number of terminal acetylenes is 1. The van der Waals surface area contributed by atoms with E-state index in [-0.39, 0.29) is 31.1 Å². The van der Waals surface area contributed by atoms with E-state index >= 15 is 0 Å². The molecule has 1 aromatic rings. The Bertz CT molecular complexity index is 891. The number of hydrogen-bond donors (Lipinski definition) is 1. The number of carbonyl (C=O) groups excluding carboxylic acids is 3. The summed E-state index contributed by atoms with van der Waals surface area (Å²) in [5, 5.41) is 2.68. The number of ether oxygens (including phenoxy) is 1. The number of anilines is 1. The Morgan fingerprint density at radius 1 is 1.36 bits per heavy atom. The van der Waals surface area contributed by atoms with Gasteiger partial charge in [-0.05, 0) is 38.5 Å². The number of carbonyl (C=O) groups is 3. The number of para-hydroxylation sites is 1. The van der Waals surface area contributed by atoms with Crippen LogP contribution in [-0.4, -0.2) is 36.0 Å².